The van der Waals surface area contributed by atoms with Crippen LogP contribution in [0, 0.1) is 0 Å². The number of hydrogen-bond acceptors (Lipinski definition) is 3. The lowest BCUT2D eigenvalue weighted by atomic mass is 10.6. The van der Waals surface area contributed by atoms with E-state index in [0.29, 0.717) is 0 Å². The number of rotatable bonds is 1. The van der Waals surface area contributed by atoms with Crippen LogP contribution in [0.5, 0.6) is 0 Å². The molecule has 0 aliphatic heterocycles. The zero-order chi connectivity index (χ0) is 8.48. The molecule has 60 valence electrons. The summed E-state index contributed by atoms with van der Waals surface area (Å²) in [5.74, 6) is -1.26. The number of hydrogen-bond donors (Lipinski definition) is 1. The first-order valence-electron chi connectivity index (χ1n) is 2.49. The van der Waals surface area contributed by atoms with Crippen molar-refractivity contribution < 1.29 is 13.2 Å². The number of halogens is 3. The highest BCUT2D eigenvalue weighted by Gasteiger charge is 2.34. The third-order valence-electron chi connectivity index (χ3n) is 0.877. The number of thiocarbonyl (C=S) groups is 1. The van der Waals surface area contributed by atoms with Gasteiger partial charge in [0, 0.05) is 5.37 Å². The Bertz CT molecular complexity index is 266. The molecule has 0 aliphatic rings. The second kappa shape index (κ2) is 2.57. The smallest absolute Gasteiger partial charge is 0.255 e. The zero-order valence-electron chi connectivity index (χ0n) is 5.01. The molecular weight excluding hydrogens is 179 g/mol. The SMILES string of the molecule is FC(F)(F)c1nc(C=S)n[nH]1. The van der Waals surface area contributed by atoms with E-state index in [4.69, 9.17) is 0 Å². The van der Waals surface area contributed by atoms with E-state index in [9.17, 15) is 13.2 Å². The standard InChI is InChI=1S/C4H2F3N3S/c5-4(6,7)3-8-2(1-11)9-10-3/h1H,(H,8,9,10). The molecule has 0 saturated heterocycles. The minimum atomic E-state index is -4.48. The minimum absolute atomic E-state index is 0.132. The lowest BCUT2D eigenvalue weighted by Crippen LogP contribution is -2.07. The van der Waals surface area contributed by atoms with Gasteiger partial charge in [-0.15, -0.1) is 0 Å². The predicted octanol–water partition coefficient (Wildman–Crippen LogP) is 1.17. The number of nitrogens with zero attached hydrogens (tertiary/aromatic N) is 2. The van der Waals surface area contributed by atoms with Gasteiger partial charge in [-0.2, -0.15) is 18.3 Å². The summed E-state index contributed by atoms with van der Waals surface area (Å²) in [6.45, 7) is 0. The largest absolute Gasteiger partial charge is 0.451 e. The molecule has 0 amide bonds. The number of aromatic amines is 1. The Morgan fingerprint density at radius 3 is 2.36 bits per heavy atom. The molecule has 1 rings (SSSR count). The Kier molecular flexibility index (Phi) is 1.90. The van der Waals surface area contributed by atoms with Crippen LogP contribution in [0.4, 0.5) is 13.2 Å². The third kappa shape index (κ3) is 1.73. The first-order chi connectivity index (χ1) is 5.04. The fourth-order valence-electron chi connectivity index (χ4n) is 0.454. The minimum Gasteiger partial charge on any atom is -0.255 e. The van der Waals surface area contributed by atoms with Crippen molar-refractivity contribution in [2.75, 3.05) is 0 Å². The molecular formula is C4H2F3N3S. The van der Waals surface area contributed by atoms with Gasteiger partial charge in [0.2, 0.25) is 5.82 Å². The average molecular weight is 181 g/mol. The molecule has 0 bridgehead atoms. The predicted molar refractivity (Wildman–Crippen MR) is 34.1 cm³/mol. The summed E-state index contributed by atoms with van der Waals surface area (Å²) in [5, 5.41) is 5.86. The van der Waals surface area contributed by atoms with Gasteiger partial charge in [0.1, 0.15) is 0 Å². The summed E-state index contributed by atoms with van der Waals surface area (Å²) in [5.41, 5.74) is 0. The fourth-order valence-corrected chi connectivity index (χ4v) is 0.560. The van der Waals surface area contributed by atoms with Crippen LogP contribution in [0.1, 0.15) is 11.6 Å². The number of nitrogens with one attached hydrogen (secondary N) is 1. The summed E-state index contributed by atoms with van der Waals surface area (Å²) < 4.78 is 35.3. The summed E-state index contributed by atoms with van der Waals surface area (Å²) >= 11 is 4.32. The fraction of sp³-hybridized carbons (Fsp3) is 0.250. The zero-order valence-corrected chi connectivity index (χ0v) is 5.83. The molecule has 1 aromatic heterocycles. The second-order valence-electron chi connectivity index (χ2n) is 1.66. The number of alkyl halides is 3. The Morgan fingerprint density at radius 1 is 1.45 bits per heavy atom. The van der Waals surface area contributed by atoms with E-state index >= 15 is 0 Å². The van der Waals surface area contributed by atoms with Crippen LogP contribution in [-0.4, -0.2) is 20.5 Å². The van der Waals surface area contributed by atoms with E-state index in [-0.39, 0.29) is 5.82 Å². The van der Waals surface area contributed by atoms with Crippen molar-refractivity contribution in [1.29, 1.82) is 0 Å². The molecule has 7 heteroatoms. The molecule has 0 spiro atoms. The molecule has 0 fully saturated rings. The van der Waals surface area contributed by atoms with E-state index < -0.39 is 12.0 Å². The van der Waals surface area contributed by atoms with Crippen molar-refractivity contribution in [3.63, 3.8) is 0 Å². The Labute approximate surface area is 64.6 Å². The molecule has 3 nitrogen and oxygen atoms in total. The van der Waals surface area contributed by atoms with Crippen molar-refractivity contribution in [2.45, 2.75) is 6.18 Å². The van der Waals surface area contributed by atoms with E-state index in [2.05, 4.69) is 22.3 Å². The maximum absolute atomic E-state index is 11.8. The van der Waals surface area contributed by atoms with Gasteiger partial charge in [0.15, 0.2) is 5.82 Å². The Morgan fingerprint density at radius 2 is 2.09 bits per heavy atom. The topological polar surface area (TPSA) is 41.6 Å². The van der Waals surface area contributed by atoms with Crippen LogP contribution in [0.15, 0.2) is 0 Å². The van der Waals surface area contributed by atoms with Gasteiger partial charge in [0.05, 0.1) is 0 Å². The molecule has 0 aromatic carbocycles. The van der Waals surface area contributed by atoms with Crippen LogP contribution < -0.4 is 0 Å². The quantitative estimate of drug-likeness (QED) is 0.661. The number of H-pyrrole nitrogens is 1. The van der Waals surface area contributed by atoms with E-state index in [1.807, 2.05) is 0 Å². The van der Waals surface area contributed by atoms with E-state index in [1.54, 1.807) is 5.10 Å². The summed E-state index contributed by atoms with van der Waals surface area (Å²) in [6, 6.07) is 0. The van der Waals surface area contributed by atoms with Gasteiger partial charge in [0.25, 0.3) is 0 Å². The first kappa shape index (κ1) is 8.12. The van der Waals surface area contributed by atoms with Crippen molar-refractivity contribution in [2.24, 2.45) is 0 Å². The molecule has 0 aliphatic carbocycles. The maximum atomic E-state index is 11.8. The first-order valence-corrected chi connectivity index (χ1v) is 2.96. The molecule has 0 unspecified atom stereocenters. The lowest BCUT2D eigenvalue weighted by Gasteiger charge is -1.97. The molecule has 0 radical (unpaired) electrons. The molecule has 1 N–H and O–H groups in total. The molecule has 0 atom stereocenters. The molecule has 1 aromatic rings. The maximum Gasteiger partial charge on any atom is 0.451 e. The normalized spacial score (nSPS) is 11.5. The summed E-state index contributed by atoms with van der Waals surface area (Å²) in [6.07, 6.45) is -4.48. The van der Waals surface area contributed by atoms with Gasteiger partial charge in [-0.1, -0.05) is 12.2 Å². The van der Waals surface area contributed by atoms with Crippen molar-refractivity contribution in [3.05, 3.63) is 11.6 Å². The van der Waals surface area contributed by atoms with Crippen LogP contribution >= 0.6 is 12.2 Å². The van der Waals surface area contributed by atoms with Gasteiger partial charge >= 0.3 is 6.18 Å². The van der Waals surface area contributed by atoms with Crippen LogP contribution in [0.3, 0.4) is 0 Å². The lowest BCUT2D eigenvalue weighted by molar-refractivity contribution is -0.144. The highest BCUT2D eigenvalue weighted by Crippen LogP contribution is 2.25. The van der Waals surface area contributed by atoms with Gasteiger partial charge in [-0.3, -0.25) is 5.10 Å². The summed E-state index contributed by atoms with van der Waals surface area (Å²) in [7, 11) is 0. The molecule has 0 saturated carbocycles. The van der Waals surface area contributed by atoms with Crippen LogP contribution in [0.2, 0.25) is 0 Å². The van der Waals surface area contributed by atoms with E-state index in [1.165, 1.54) is 0 Å². The van der Waals surface area contributed by atoms with Crippen molar-refractivity contribution in [1.82, 2.24) is 15.2 Å². The highest BCUT2D eigenvalue weighted by molar-refractivity contribution is 7.79. The van der Waals surface area contributed by atoms with Gasteiger partial charge < -0.3 is 0 Å². The van der Waals surface area contributed by atoms with Crippen LogP contribution in [-0.2, 0) is 6.18 Å². The monoisotopic (exact) mass is 181 g/mol. The highest BCUT2D eigenvalue weighted by atomic mass is 32.1. The van der Waals surface area contributed by atoms with Gasteiger partial charge in [-0.25, -0.2) is 4.98 Å². The Hall–Kier alpha value is -0.980. The average Bonchev–Trinajstić information content (AvgIpc) is 2.32. The van der Waals surface area contributed by atoms with Crippen molar-refractivity contribution >= 4 is 17.6 Å². The molecule has 11 heavy (non-hydrogen) atoms. The Balaban J connectivity index is 2.98. The second-order valence-corrected chi connectivity index (χ2v) is 1.89. The van der Waals surface area contributed by atoms with E-state index in [0.717, 1.165) is 5.37 Å². The van der Waals surface area contributed by atoms with Crippen molar-refractivity contribution in [3.8, 4) is 0 Å². The summed E-state index contributed by atoms with van der Waals surface area (Å²) in [4.78, 5) is 3.05. The molecule has 1 heterocycles. The number of aromatic nitrogens is 3. The van der Waals surface area contributed by atoms with Gasteiger partial charge in [-0.05, 0) is 0 Å². The van der Waals surface area contributed by atoms with Crippen LogP contribution in [0.25, 0.3) is 0 Å². The third-order valence-corrected chi connectivity index (χ3v) is 1.09.